The molecule has 0 aromatic heterocycles. The zero-order valence-electron chi connectivity index (χ0n) is 10.0. The zero-order chi connectivity index (χ0) is 11.8. The van der Waals surface area contributed by atoms with Gasteiger partial charge in [-0.3, -0.25) is 4.79 Å². The van der Waals surface area contributed by atoms with Gasteiger partial charge in [0.2, 0.25) is 0 Å². The molecule has 1 amide bonds. The van der Waals surface area contributed by atoms with E-state index in [9.17, 15) is 4.79 Å². The minimum absolute atomic E-state index is 0.0101. The number of fused-ring (bicyclic) bond motifs is 1. The summed E-state index contributed by atoms with van der Waals surface area (Å²) in [6, 6.07) is 5.90. The number of hydrogen-bond acceptors (Lipinski definition) is 1. The van der Waals surface area contributed by atoms with E-state index in [1.165, 1.54) is 5.56 Å². The standard InChI is InChI=1S/C14H17NO/c1-14(2,3)15-13(16)12-9-5-7-10-6-4-8-11(10)12/h4-5,7-9H,6H2,1-3H3,(H,15,16). The molecule has 1 aromatic carbocycles. The lowest BCUT2D eigenvalue weighted by atomic mass is 10.0. The molecule has 16 heavy (non-hydrogen) atoms. The molecule has 2 heteroatoms. The Morgan fingerprint density at radius 1 is 1.31 bits per heavy atom. The van der Waals surface area contributed by atoms with Crippen molar-refractivity contribution in [2.45, 2.75) is 32.7 Å². The molecule has 1 aliphatic rings. The van der Waals surface area contributed by atoms with Crippen molar-refractivity contribution in [2.75, 3.05) is 0 Å². The first kappa shape index (κ1) is 10.9. The highest BCUT2D eigenvalue weighted by Gasteiger charge is 2.19. The average molecular weight is 215 g/mol. The molecule has 2 nitrogen and oxygen atoms in total. The highest BCUT2D eigenvalue weighted by molar-refractivity contribution is 5.99. The van der Waals surface area contributed by atoms with Crippen LogP contribution in [0.4, 0.5) is 0 Å². The molecule has 84 valence electrons. The smallest absolute Gasteiger partial charge is 0.252 e. The Bertz CT molecular complexity index is 452. The highest BCUT2D eigenvalue weighted by atomic mass is 16.1. The Balaban J connectivity index is 2.31. The molecule has 0 bridgehead atoms. The van der Waals surface area contributed by atoms with Gasteiger partial charge in [-0.05, 0) is 44.4 Å². The van der Waals surface area contributed by atoms with Crippen LogP contribution in [0.5, 0.6) is 0 Å². The van der Waals surface area contributed by atoms with Crippen molar-refractivity contribution in [1.82, 2.24) is 5.32 Å². The fraction of sp³-hybridized carbons (Fsp3) is 0.357. The maximum absolute atomic E-state index is 12.1. The lowest BCUT2D eigenvalue weighted by molar-refractivity contribution is 0.0919. The van der Waals surface area contributed by atoms with Gasteiger partial charge in [-0.15, -0.1) is 0 Å². The van der Waals surface area contributed by atoms with Crippen LogP contribution in [0.2, 0.25) is 0 Å². The third kappa shape index (κ3) is 2.16. The van der Waals surface area contributed by atoms with Crippen LogP contribution >= 0.6 is 0 Å². The molecule has 0 aliphatic heterocycles. The van der Waals surface area contributed by atoms with E-state index in [2.05, 4.69) is 17.5 Å². The predicted molar refractivity (Wildman–Crippen MR) is 66.4 cm³/mol. The normalized spacial score (nSPS) is 13.7. The fourth-order valence-electron chi connectivity index (χ4n) is 1.90. The lowest BCUT2D eigenvalue weighted by Crippen LogP contribution is -2.40. The van der Waals surface area contributed by atoms with E-state index in [0.29, 0.717) is 0 Å². The van der Waals surface area contributed by atoms with Gasteiger partial charge >= 0.3 is 0 Å². The number of benzene rings is 1. The minimum atomic E-state index is -0.192. The summed E-state index contributed by atoms with van der Waals surface area (Å²) in [7, 11) is 0. The summed E-state index contributed by atoms with van der Waals surface area (Å²) >= 11 is 0. The van der Waals surface area contributed by atoms with Gasteiger partial charge in [0, 0.05) is 11.1 Å². The summed E-state index contributed by atoms with van der Waals surface area (Å²) in [6.07, 6.45) is 5.07. The van der Waals surface area contributed by atoms with E-state index < -0.39 is 0 Å². The van der Waals surface area contributed by atoms with Crippen LogP contribution in [0.25, 0.3) is 6.08 Å². The number of carbonyl (C=O) groups is 1. The van der Waals surface area contributed by atoms with Crippen LogP contribution in [0, 0.1) is 0 Å². The SMILES string of the molecule is CC(C)(C)NC(=O)c1cccc2c1C=CC2. The largest absolute Gasteiger partial charge is 0.347 e. The van der Waals surface area contributed by atoms with Gasteiger partial charge in [0.1, 0.15) is 0 Å². The van der Waals surface area contributed by atoms with Gasteiger partial charge in [0.05, 0.1) is 0 Å². The van der Waals surface area contributed by atoms with E-state index in [-0.39, 0.29) is 11.4 Å². The predicted octanol–water partition coefficient (Wildman–Crippen LogP) is 2.78. The zero-order valence-corrected chi connectivity index (χ0v) is 10.0. The molecule has 0 radical (unpaired) electrons. The van der Waals surface area contributed by atoms with Crippen LogP contribution in [0.15, 0.2) is 24.3 Å². The van der Waals surface area contributed by atoms with Gasteiger partial charge in [-0.1, -0.05) is 24.3 Å². The van der Waals surface area contributed by atoms with Crippen molar-refractivity contribution >= 4 is 12.0 Å². The maximum atomic E-state index is 12.1. The number of carbonyl (C=O) groups excluding carboxylic acids is 1. The van der Waals surface area contributed by atoms with E-state index in [4.69, 9.17) is 0 Å². The summed E-state index contributed by atoms with van der Waals surface area (Å²) in [6.45, 7) is 5.97. The third-order valence-corrected chi connectivity index (χ3v) is 2.55. The average Bonchev–Trinajstić information content (AvgIpc) is 2.61. The Labute approximate surface area is 96.4 Å². The molecule has 0 saturated carbocycles. The molecule has 0 unspecified atom stereocenters. The summed E-state index contributed by atoms with van der Waals surface area (Å²) in [5.41, 5.74) is 2.90. The van der Waals surface area contributed by atoms with Gasteiger partial charge in [-0.2, -0.15) is 0 Å². The molecule has 1 aromatic rings. The second kappa shape index (κ2) is 3.78. The van der Waals surface area contributed by atoms with E-state index in [1.54, 1.807) is 0 Å². The number of nitrogens with one attached hydrogen (secondary N) is 1. The second-order valence-electron chi connectivity index (χ2n) is 5.19. The molecule has 0 spiro atoms. The lowest BCUT2D eigenvalue weighted by Gasteiger charge is -2.21. The van der Waals surface area contributed by atoms with Crippen molar-refractivity contribution in [2.24, 2.45) is 0 Å². The molecule has 2 rings (SSSR count). The minimum Gasteiger partial charge on any atom is -0.347 e. The molecule has 0 atom stereocenters. The van der Waals surface area contributed by atoms with Crippen LogP contribution in [0.1, 0.15) is 42.3 Å². The summed E-state index contributed by atoms with van der Waals surface area (Å²) in [5.74, 6) is 0.0101. The summed E-state index contributed by atoms with van der Waals surface area (Å²) < 4.78 is 0. The number of hydrogen-bond donors (Lipinski definition) is 1. The first-order valence-corrected chi connectivity index (χ1v) is 5.58. The molecule has 1 aliphatic carbocycles. The van der Waals surface area contributed by atoms with Crippen LogP contribution < -0.4 is 5.32 Å². The molecular weight excluding hydrogens is 198 g/mol. The highest BCUT2D eigenvalue weighted by Crippen LogP contribution is 2.23. The number of allylic oxidation sites excluding steroid dienone is 1. The monoisotopic (exact) mass is 215 g/mol. The fourth-order valence-corrected chi connectivity index (χ4v) is 1.90. The number of amides is 1. The summed E-state index contributed by atoms with van der Waals surface area (Å²) in [5, 5.41) is 2.99. The van der Waals surface area contributed by atoms with E-state index >= 15 is 0 Å². The van der Waals surface area contributed by atoms with Crippen molar-refractivity contribution in [3.63, 3.8) is 0 Å². The topological polar surface area (TPSA) is 29.1 Å². The van der Waals surface area contributed by atoms with Crippen molar-refractivity contribution < 1.29 is 4.79 Å². The van der Waals surface area contributed by atoms with Gasteiger partial charge in [0.15, 0.2) is 0 Å². The number of rotatable bonds is 1. The van der Waals surface area contributed by atoms with E-state index in [0.717, 1.165) is 17.5 Å². The van der Waals surface area contributed by atoms with Crippen molar-refractivity contribution in [1.29, 1.82) is 0 Å². The third-order valence-electron chi connectivity index (χ3n) is 2.55. The first-order valence-electron chi connectivity index (χ1n) is 5.58. The Morgan fingerprint density at radius 2 is 2.06 bits per heavy atom. The van der Waals surface area contributed by atoms with Crippen molar-refractivity contribution in [3.05, 3.63) is 41.0 Å². The molecule has 0 heterocycles. The second-order valence-corrected chi connectivity index (χ2v) is 5.19. The van der Waals surface area contributed by atoms with Crippen LogP contribution in [-0.4, -0.2) is 11.4 Å². The molecule has 0 saturated heterocycles. The van der Waals surface area contributed by atoms with Gasteiger partial charge < -0.3 is 5.32 Å². The van der Waals surface area contributed by atoms with Crippen LogP contribution in [0.3, 0.4) is 0 Å². The quantitative estimate of drug-likeness (QED) is 0.766. The Morgan fingerprint density at radius 3 is 2.75 bits per heavy atom. The van der Waals surface area contributed by atoms with Gasteiger partial charge in [0.25, 0.3) is 5.91 Å². The van der Waals surface area contributed by atoms with E-state index in [1.807, 2.05) is 39.0 Å². The van der Waals surface area contributed by atoms with Crippen molar-refractivity contribution in [3.8, 4) is 0 Å². The Kier molecular flexibility index (Phi) is 2.58. The first-order chi connectivity index (χ1) is 7.47. The van der Waals surface area contributed by atoms with Crippen LogP contribution in [-0.2, 0) is 6.42 Å². The Hall–Kier alpha value is -1.57. The summed E-state index contributed by atoms with van der Waals surface area (Å²) in [4.78, 5) is 12.1. The molecule has 0 fully saturated rings. The maximum Gasteiger partial charge on any atom is 0.252 e. The van der Waals surface area contributed by atoms with Gasteiger partial charge in [-0.25, -0.2) is 0 Å². The molecular formula is C14H17NO. The molecule has 1 N–H and O–H groups in total.